The Morgan fingerprint density at radius 2 is 2.00 bits per heavy atom. The molecule has 0 saturated carbocycles. The highest BCUT2D eigenvalue weighted by Crippen LogP contribution is 2.34. The van der Waals surface area contributed by atoms with Crippen molar-refractivity contribution in [2.45, 2.75) is 44.1 Å². The topological polar surface area (TPSA) is 92.7 Å². The van der Waals surface area contributed by atoms with E-state index in [1.165, 1.54) is 0 Å². The summed E-state index contributed by atoms with van der Waals surface area (Å²) in [5.74, 6) is 1.59. The predicted molar refractivity (Wildman–Crippen MR) is 101 cm³/mol. The lowest BCUT2D eigenvalue weighted by Gasteiger charge is -2.46. The van der Waals surface area contributed by atoms with Crippen LogP contribution in [0.2, 0.25) is 0 Å². The van der Waals surface area contributed by atoms with E-state index in [4.69, 9.17) is 18.9 Å². The zero-order chi connectivity index (χ0) is 20.0. The third-order valence-electron chi connectivity index (χ3n) is 6.29. The first-order chi connectivity index (χ1) is 14.1. The molecule has 1 aromatic carbocycles. The number of hydrogen-bond acceptors (Lipinski definition) is 8. The third kappa shape index (κ3) is 3.57. The molecule has 1 aromatic rings. The van der Waals surface area contributed by atoms with Crippen LogP contribution in [0.15, 0.2) is 18.2 Å². The van der Waals surface area contributed by atoms with Crippen LogP contribution in [-0.2, 0) is 20.8 Å². The third-order valence-corrected chi connectivity index (χ3v) is 6.29. The molecule has 1 amide bonds. The zero-order valence-electron chi connectivity index (χ0n) is 16.5. The Bertz CT molecular complexity index is 769. The average molecular weight is 405 g/mol. The predicted octanol–water partition coefficient (Wildman–Crippen LogP) is -0.478. The molecule has 29 heavy (non-hydrogen) atoms. The highest BCUT2D eigenvalue weighted by atomic mass is 16.7. The molecule has 5 atom stereocenters. The molecule has 9 nitrogen and oxygen atoms in total. The Labute approximate surface area is 169 Å². The van der Waals surface area contributed by atoms with Crippen LogP contribution in [0.3, 0.4) is 0 Å². The Balaban J connectivity index is 1.25. The number of nitrogens with one attached hydrogen (secondary N) is 1. The first-order valence-corrected chi connectivity index (χ1v) is 10.2. The molecule has 0 aromatic heterocycles. The summed E-state index contributed by atoms with van der Waals surface area (Å²) >= 11 is 0. The number of amides is 1. The number of carbonyl (C=O) groups is 1. The first kappa shape index (κ1) is 19.1. The van der Waals surface area contributed by atoms with Gasteiger partial charge in [-0.3, -0.25) is 9.69 Å². The number of ether oxygens (including phenoxy) is 4. The summed E-state index contributed by atoms with van der Waals surface area (Å²) in [6.45, 7) is 5.59. The monoisotopic (exact) mass is 405 g/mol. The van der Waals surface area contributed by atoms with Crippen LogP contribution < -0.4 is 14.8 Å². The fourth-order valence-corrected chi connectivity index (χ4v) is 4.66. The van der Waals surface area contributed by atoms with Gasteiger partial charge in [-0.2, -0.15) is 0 Å². The van der Waals surface area contributed by atoms with Crippen molar-refractivity contribution in [1.82, 2.24) is 15.1 Å². The van der Waals surface area contributed by atoms with Crippen molar-refractivity contribution in [2.75, 3.05) is 39.6 Å². The van der Waals surface area contributed by atoms with Crippen molar-refractivity contribution in [3.05, 3.63) is 23.8 Å². The second-order valence-electron chi connectivity index (χ2n) is 7.99. The number of aliphatic hydroxyl groups is 1. The maximum Gasteiger partial charge on any atom is 0.231 e. The van der Waals surface area contributed by atoms with Gasteiger partial charge in [0.2, 0.25) is 12.7 Å². The lowest BCUT2D eigenvalue weighted by atomic mass is 9.94. The van der Waals surface area contributed by atoms with E-state index >= 15 is 0 Å². The van der Waals surface area contributed by atoms with Crippen LogP contribution in [0.25, 0.3) is 0 Å². The van der Waals surface area contributed by atoms with Gasteiger partial charge in [-0.05, 0) is 17.7 Å². The van der Waals surface area contributed by atoms with Gasteiger partial charge in [0.1, 0.15) is 6.10 Å². The maximum atomic E-state index is 11.6. The molecule has 158 valence electrons. The molecular weight excluding hydrogens is 378 g/mol. The fourth-order valence-electron chi connectivity index (χ4n) is 4.66. The van der Waals surface area contributed by atoms with Gasteiger partial charge < -0.3 is 34.3 Å². The molecule has 4 aliphatic heterocycles. The normalized spacial score (nSPS) is 33.9. The van der Waals surface area contributed by atoms with Crippen molar-refractivity contribution in [3.63, 3.8) is 0 Å². The molecule has 0 radical (unpaired) electrons. The van der Waals surface area contributed by atoms with Gasteiger partial charge >= 0.3 is 0 Å². The molecule has 3 fully saturated rings. The lowest BCUT2D eigenvalue weighted by Crippen LogP contribution is -2.66. The molecule has 0 spiro atoms. The van der Waals surface area contributed by atoms with E-state index in [9.17, 15) is 9.90 Å². The Kier molecular flexibility index (Phi) is 5.09. The van der Waals surface area contributed by atoms with Crippen molar-refractivity contribution in [1.29, 1.82) is 0 Å². The number of aliphatic hydroxyl groups excluding tert-OH is 1. The SMILES string of the molecule is CC(=O)N1CCN([C@H]2[C@@H]3OC[C@@H](O3)[C@@H](NCc3ccc4c(c3)OCO4)[C@@H]2O)CC1. The molecule has 9 heteroatoms. The summed E-state index contributed by atoms with van der Waals surface area (Å²) in [5, 5.41) is 14.6. The smallest absolute Gasteiger partial charge is 0.231 e. The second-order valence-corrected chi connectivity index (χ2v) is 7.99. The van der Waals surface area contributed by atoms with Crippen molar-refractivity contribution in [2.24, 2.45) is 0 Å². The van der Waals surface area contributed by atoms with Crippen molar-refractivity contribution < 1.29 is 28.8 Å². The molecule has 0 aliphatic carbocycles. The van der Waals surface area contributed by atoms with Crippen LogP contribution in [-0.4, -0.2) is 91.0 Å². The van der Waals surface area contributed by atoms with E-state index in [0.29, 0.717) is 39.3 Å². The summed E-state index contributed by atoms with van der Waals surface area (Å²) < 4.78 is 22.7. The van der Waals surface area contributed by atoms with E-state index in [2.05, 4.69) is 10.2 Å². The van der Waals surface area contributed by atoms with Crippen LogP contribution >= 0.6 is 0 Å². The van der Waals surface area contributed by atoms with Gasteiger partial charge in [-0.15, -0.1) is 0 Å². The van der Waals surface area contributed by atoms with E-state index < -0.39 is 12.4 Å². The molecule has 4 heterocycles. The Hall–Kier alpha value is -1.91. The van der Waals surface area contributed by atoms with E-state index in [-0.39, 0.29) is 30.9 Å². The largest absolute Gasteiger partial charge is 0.454 e. The molecule has 4 aliphatic rings. The maximum absolute atomic E-state index is 11.6. The molecule has 2 bridgehead atoms. The van der Waals surface area contributed by atoms with Crippen LogP contribution in [0.4, 0.5) is 0 Å². The number of carbonyl (C=O) groups excluding carboxylic acids is 1. The highest BCUT2D eigenvalue weighted by molar-refractivity contribution is 5.73. The summed E-state index contributed by atoms with van der Waals surface area (Å²) in [6, 6.07) is 5.35. The Morgan fingerprint density at radius 3 is 2.79 bits per heavy atom. The first-order valence-electron chi connectivity index (χ1n) is 10.2. The number of rotatable bonds is 4. The van der Waals surface area contributed by atoms with Gasteiger partial charge in [0.15, 0.2) is 17.8 Å². The minimum atomic E-state index is -0.626. The number of benzene rings is 1. The quantitative estimate of drug-likeness (QED) is 0.694. The second kappa shape index (κ2) is 7.73. The van der Waals surface area contributed by atoms with Crippen LogP contribution in [0.5, 0.6) is 11.5 Å². The number of piperazine rings is 1. The molecule has 5 rings (SSSR count). The standard InChI is InChI=1S/C20H27N3O6/c1-12(24)22-4-6-23(7-5-22)18-19(25)17(16-10-26-20(18)29-16)21-9-13-2-3-14-15(8-13)28-11-27-14/h2-3,8,16-21,25H,4-7,9-11H2,1H3/t16-,17-,18-,19+,20-/m1/s1. The zero-order valence-corrected chi connectivity index (χ0v) is 16.5. The molecule has 0 unspecified atom stereocenters. The minimum Gasteiger partial charge on any atom is -0.454 e. The van der Waals surface area contributed by atoms with Gasteiger partial charge in [0.05, 0.1) is 24.8 Å². The van der Waals surface area contributed by atoms with Gasteiger partial charge in [0.25, 0.3) is 0 Å². The number of fused-ring (bicyclic) bond motifs is 3. The van der Waals surface area contributed by atoms with E-state index in [0.717, 1.165) is 17.1 Å². The molecular formula is C20H27N3O6. The summed E-state index contributed by atoms with van der Waals surface area (Å²) in [6.07, 6.45) is -1.24. The van der Waals surface area contributed by atoms with Gasteiger partial charge in [0, 0.05) is 39.6 Å². The number of hydrogen-bond donors (Lipinski definition) is 2. The molecule has 3 saturated heterocycles. The average Bonchev–Trinajstić information content (AvgIpc) is 3.36. The van der Waals surface area contributed by atoms with Crippen molar-refractivity contribution in [3.8, 4) is 11.5 Å². The minimum absolute atomic E-state index is 0.0885. The lowest BCUT2D eigenvalue weighted by molar-refractivity contribution is -0.186. The van der Waals surface area contributed by atoms with E-state index in [1.807, 2.05) is 23.1 Å². The van der Waals surface area contributed by atoms with Crippen LogP contribution in [0.1, 0.15) is 12.5 Å². The summed E-state index contributed by atoms with van der Waals surface area (Å²) in [7, 11) is 0. The number of nitrogens with zero attached hydrogens (tertiary/aromatic N) is 2. The Morgan fingerprint density at radius 1 is 1.21 bits per heavy atom. The van der Waals surface area contributed by atoms with Crippen molar-refractivity contribution >= 4 is 5.91 Å². The molecule has 2 N–H and O–H groups in total. The highest BCUT2D eigenvalue weighted by Gasteiger charge is 2.52. The fraction of sp³-hybridized carbons (Fsp3) is 0.650. The summed E-state index contributed by atoms with van der Waals surface area (Å²) in [5.41, 5.74) is 1.05. The van der Waals surface area contributed by atoms with Gasteiger partial charge in [-0.1, -0.05) is 6.07 Å². The summed E-state index contributed by atoms with van der Waals surface area (Å²) in [4.78, 5) is 15.6. The van der Waals surface area contributed by atoms with Gasteiger partial charge in [-0.25, -0.2) is 0 Å². The van der Waals surface area contributed by atoms with E-state index in [1.54, 1.807) is 6.92 Å². The van der Waals surface area contributed by atoms with Crippen LogP contribution in [0, 0.1) is 0 Å².